The maximum absolute atomic E-state index is 12.6. The van der Waals surface area contributed by atoms with Gasteiger partial charge in [-0.2, -0.15) is 0 Å². The van der Waals surface area contributed by atoms with E-state index in [-0.39, 0.29) is 38.6 Å². The molecule has 0 spiro atoms. The molecule has 0 bridgehead atoms. The van der Waals surface area contributed by atoms with Crippen LogP contribution in [0, 0.1) is 0 Å². The van der Waals surface area contributed by atoms with Crippen LogP contribution in [-0.2, 0) is 32.7 Å². The van der Waals surface area contributed by atoms with Gasteiger partial charge in [-0.3, -0.25) is 18.6 Å². The summed E-state index contributed by atoms with van der Waals surface area (Å²) in [4.78, 5) is 34.9. The predicted octanol–water partition coefficient (Wildman–Crippen LogP) is 13.6. The first-order valence-electron chi connectivity index (χ1n) is 23.5. The number of rotatable bonds is 45. The number of ether oxygens (including phenoxy) is 2. The summed E-state index contributed by atoms with van der Waals surface area (Å²) < 4.78 is 32.9. The Labute approximate surface area is 339 Å². The first kappa shape index (κ1) is 54.0. The van der Waals surface area contributed by atoms with Crippen molar-refractivity contribution in [2.45, 2.75) is 251 Å². The second kappa shape index (κ2) is 42.6. The van der Waals surface area contributed by atoms with Gasteiger partial charge >= 0.3 is 19.8 Å². The van der Waals surface area contributed by atoms with Crippen LogP contribution in [0.5, 0.6) is 0 Å². The van der Waals surface area contributed by atoms with E-state index in [1.165, 1.54) is 180 Å². The molecule has 0 aromatic heterocycles. The van der Waals surface area contributed by atoms with Crippen molar-refractivity contribution in [1.82, 2.24) is 0 Å². The molecule has 0 saturated carbocycles. The predicted molar refractivity (Wildman–Crippen MR) is 229 cm³/mol. The highest BCUT2D eigenvalue weighted by atomic mass is 31.2. The fourth-order valence-corrected chi connectivity index (χ4v) is 7.76. The van der Waals surface area contributed by atoms with E-state index in [0.29, 0.717) is 6.42 Å². The van der Waals surface area contributed by atoms with Crippen molar-refractivity contribution in [3.8, 4) is 0 Å². The molecule has 0 aromatic rings. The van der Waals surface area contributed by atoms with Gasteiger partial charge in [-0.05, 0) is 12.8 Å². The van der Waals surface area contributed by atoms with Crippen LogP contribution in [-0.4, -0.2) is 49.3 Å². The lowest BCUT2D eigenvalue weighted by atomic mass is 10.0. The number of esters is 2. The Morgan fingerprint density at radius 3 is 1.11 bits per heavy atom. The van der Waals surface area contributed by atoms with Gasteiger partial charge in [-0.15, -0.1) is 0 Å². The van der Waals surface area contributed by atoms with Crippen LogP contribution in [0.1, 0.15) is 245 Å². The van der Waals surface area contributed by atoms with E-state index in [2.05, 4.69) is 13.8 Å². The molecule has 0 rings (SSSR count). The molecule has 328 valence electrons. The van der Waals surface area contributed by atoms with Crippen molar-refractivity contribution in [1.29, 1.82) is 0 Å². The largest absolute Gasteiger partial charge is 0.472 e. The summed E-state index contributed by atoms with van der Waals surface area (Å²) in [5.74, 6) is -0.809. The van der Waals surface area contributed by atoms with Crippen molar-refractivity contribution in [2.24, 2.45) is 5.73 Å². The number of carbonyl (C=O) groups excluding carboxylic acids is 2. The van der Waals surface area contributed by atoms with E-state index < -0.39 is 26.5 Å². The van der Waals surface area contributed by atoms with Crippen LogP contribution < -0.4 is 5.73 Å². The van der Waals surface area contributed by atoms with E-state index in [1.807, 2.05) is 0 Å². The van der Waals surface area contributed by atoms with E-state index in [4.69, 9.17) is 24.3 Å². The minimum Gasteiger partial charge on any atom is -0.462 e. The van der Waals surface area contributed by atoms with Gasteiger partial charge in [0.2, 0.25) is 0 Å². The lowest BCUT2D eigenvalue weighted by molar-refractivity contribution is -0.161. The van der Waals surface area contributed by atoms with Gasteiger partial charge in [0.25, 0.3) is 0 Å². The molecule has 0 saturated heterocycles. The number of phosphoric acid groups is 1. The third kappa shape index (κ3) is 42.4. The molecule has 0 aliphatic carbocycles. The lowest BCUT2D eigenvalue weighted by Gasteiger charge is -2.19. The molecule has 0 aliphatic heterocycles. The van der Waals surface area contributed by atoms with Crippen molar-refractivity contribution >= 4 is 19.8 Å². The lowest BCUT2D eigenvalue weighted by Crippen LogP contribution is -2.29. The summed E-state index contributed by atoms with van der Waals surface area (Å²) >= 11 is 0. The number of hydrogen-bond acceptors (Lipinski definition) is 8. The molecule has 0 amide bonds. The van der Waals surface area contributed by atoms with Gasteiger partial charge in [-0.25, -0.2) is 4.57 Å². The summed E-state index contributed by atoms with van der Waals surface area (Å²) in [6.45, 7) is 3.79. The van der Waals surface area contributed by atoms with Crippen LogP contribution in [0.15, 0.2) is 0 Å². The van der Waals surface area contributed by atoms with Crippen molar-refractivity contribution in [2.75, 3.05) is 26.4 Å². The van der Waals surface area contributed by atoms with Crippen LogP contribution in [0.2, 0.25) is 0 Å². The van der Waals surface area contributed by atoms with Gasteiger partial charge in [0.1, 0.15) is 6.61 Å². The molecule has 0 radical (unpaired) electrons. The average molecular weight is 804 g/mol. The van der Waals surface area contributed by atoms with Gasteiger partial charge in [0.15, 0.2) is 6.10 Å². The zero-order valence-corrected chi connectivity index (χ0v) is 37.1. The number of carbonyl (C=O) groups is 2. The van der Waals surface area contributed by atoms with E-state index in [1.54, 1.807) is 0 Å². The highest BCUT2D eigenvalue weighted by Gasteiger charge is 2.26. The minimum atomic E-state index is -4.37. The first-order chi connectivity index (χ1) is 26.8. The van der Waals surface area contributed by atoms with Crippen molar-refractivity contribution in [3.63, 3.8) is 0 Å². The van der Waals surface area contributed by atoms with Gasteiger partial charge < -0.3 is 20.1 Å². The SMILES string of the molecule is CCCCCCCCCCCCCCCCCCCCCC(=O)OC(COC(=O)CCCCCCCCCCCCCCCCC)COP(=O)(O)OCCN. The Bertz CT molecular complexity index is 876. The average Bonchev–Trinajstić information content (AvgIpc) is 3.17. The molecule has 2 atom stereocenters. The Balaban J connectivity index is 4.04. The smallest absolute Gasteiger partial charge is 0.462 e. The summed E-state index contributed by atoms with van der Waals surface area (Å²) in [5.41, 5.74) is 5.36. The summed E-state index contributed by atoms with van der Waals surface area (Å²) in [7, 11) is -4.37. The van der Waals surface area contributed by atoms with Crippen LogP contribution >= 0.6 is 7.82 Å². The second-order valence-corrected chi connectivity index (χ2v) is 17.4. The maximum atomic E-state index is 12.6. The molecule has 3 N–H and O–H groups in total. The van der Waals surface area contributed by atoms with E-state index >= 15 is 0 Å². The molecule has 0 fully saturated rings. The topological polar surface area (TPSA) is 134 Å². The molecule has 10 heteroatoms. The van der Waals surface area contributed by atoms with E-state index in [9.17, 15) is 19.0 Å². The molecule has 0 heterocycles. The highest BCUT2D eigenvalue weighted by Crippen LogP contribution is 2.43. The maximum Gasteiger partial charge on any atom is 0.472 e. The van der Waals surface area contributed by atoms with Gasteiger partial charge in [0, 0.05) is 19.4 Å². The Morgan fingerprint density at radius 2 is 0.782 bits per heavy atom. The third-order valence-corrected chi connectivity index (χ3v) is 11.5. The number of hydrogen-bond donors (Lipinski definition) is 2. The molecule has 0 aromatic carbocycles. The molecular formula is C45H90NO8P. The quantitative estimate of drug-likeness (QED) is 0.0350. The number of nitrogens with two attached hydrogens (primary N) is 1. The molecule has 0 aliphatic rings. The van der Waals surface area contributed by atoms with Gasteiger partial charge in [0.05, 0.1) is 13.2 Å². The third-order valence-electron chi connectivity index (χ3n) is 10.5. The molecule has 55 heavy (non-hydrogen) atoms. The zero-order valence-electron chi connectivity index (χ0n) is 36.2. The Hall–Kier alpha value is -0.990. The van der Waals surface area contributed by atoms with E-state index in [0.717, 1.165) is 32.1 Å². The van der Waals surface area contributed by atoms with Gasteiger partial charge in [-0.1, -0.05) is 219 Å². The summed E-state index contributed by atoms with van der Waals surface area (Å²) in [6, 6.07) is 0. The van der Waals surface area contributed by atoms with Crippen LogP contribution in [0.3, 0.4) is 0 Å². The normalized spacial score (nSPS) is 13.2. The highest BCUT2D eigenvalue weighted by molar-refractivity contribution is 7.47. The fraction of sp³-hybridized carbons (Fsp3) is 0.956. The van der Waals surface area contributed by atoms with Crippen molar-refractivity contribution in [3.05, 3.63) is 0 Å². The molecular weight excluding hydrogens is 713 g/mol. The van der Waals surface area contributed by atoms with Crippen molar-refractivity contribution < 1.29 is 37.6 Å². The van der Waals surface area contributed by atoms with Crippen LogP contribution in [0.25, 0.3) is 0 Å². The summed E-state index contributed by atoms with van der Waals surface area (Å²) in [5, 5.41) is 0. The Morgan fingerprint density at radius 1 is 0.473 bits per heavy atom. The standard InChI is InChI=1S/C45H90NO8P/c1-3-5-7-9-11-13-15-17-19-20-21-22-24-26-28-30-32-34-36-38-45(48)54-43(42-53-55(49,50)52-40-39-46)41-51-44(47)37-35-33-31-29-27-25-23-18-16-14-12-10-8-6-4-2/h43H,3-42,46H2,1-2H3,(H,49,50). The first-order valence-corrected chi connectivity index (χ1v) is 25.0. The number of unbranched alkanes of at least 4 members (excludes halogenated alkanes) is 32. The molecule has 9 nitrogen and oxygen atoms in total. The fourth-order valence-electron chi connectivity index (χ4n) is 6.99. The Kier molecular flexibility index (Phi) is 41.8. The number of phosphoric ester groups is 1. The summed E-state index contributed by atoms with van der Waals surface area (Å²) in [6.07, 6.45) is 42.7. The molecule has 2 unspecified atom stereocenters. The monoisotopic (exact) mass is 804 g/mol. The minimum absolute atomic E-state index is 0.0582. The second-order valence-electron chi connectivity index (χ2n) is 16.0. The zero-order chi connectivity index (χ0) is 40.3. The van der Waals surface area contributed by atoms with Crippen LogP contribution in [0.4, 0.5) is 0 Å².